The van der Waals surface area contributed by atoms with Gasteiger partial charge in [-0.15, -0.1) is 0 Å². The van der Waals surface area contributed by atoms with Gasteiger partial charge in [0.25, 0.3) is 0 Å². The second-order valence-corrected chi connectivity index (χ2v) is 5.73. The molecule has 0 bridgehead atoms. The normalized spacial score (nSPS) is 11.3. The highest BCUT2D eigenvalue weighted by molar-refractivity contribution is 5.91. The van der Waals surface area contributed by atoms with Crippen LogP contribution in [0.1, 0.15) is 33.3 Å². The Bertz CT molecular complexity index is 537. The van der Waals surface area contributed by atoms with Gasteiger partial charge in [-0.05, 0) is 50.7 Å². The molecule has 1 N–H and O–H groups in total. The van der Waals surface area contributed by atoms with Gasteiger partial charge >= 0.3 is 0 Å². The molecule has 0 aliphatic heterocycles. The molecule has 5 heteroatoms. The van der Waals surface area contributed by atoms with E-state index in [1.807, 2.05) is 32.0 Å². The second-order valence-electron chi connectivity index (χ2n) is 5.73. The lowest BCUT2D eigenvalue weighted by Gasteiger charge is -2.17. The summed E-state index contributed by atoms with van der Waals surface area (Å²) in [5.41, 5.74) is 0.891. The van der Waals surface area contributed by atoms with Crippen LogP contribution in [0.15, 0.2) is 24.3 Å². The summed E-state index contributed by atoms with van der Waals surface area (Å²) in [6.07, 6.45) is 3.39. The van der Waals surface area contributed by atoms with Crippen LogP contribution in [0.3, 0.4) is 0 Å². The molecule has 1 rings (SSSR count). The van der Waals surface area contributed by atoms with Gasteiger partial charge < -0.3 is 19.7 Å². The molecule has 0 saturated carbocycles. The van der Waals surface area contributed by atoms with Crippen molar-refractivity contribution in [3.63, 3.8) is 0 Å². The molecule has 0 fully saturated rings. The first-order valence-electron chi connectivity index (χ1n) is 8.53. The van der Waals surface area contributed by atoms with Crippen molar-refractivity contribution in [3.8, 4) is 11.5 Å². The summed E-state index contributed by atoms with van der Waals surface area (Å²) in [4.78, 5) is 14.1. The van der Waals surface area contributed by atoms with E-state index in [0.29, 0.717) is 18.0 Å². The fraction of sp³-hybridized carbons (Fsp3) is 0.526. The number of nitrogens with zero attached hydrogens (tertiary/aromatic N) is 1. The summed E-state index contributed by atoms with van der Waals surface area (Å²) in [7, 11) is 1.61. The van der Waals surface area contributed by atoms with Crippen LogP contribution in [-0.4, -0.2) is 50.2 Å². The Labute approximate surface area is 145 Å². The molecule has 1 aromatic carbocycles. The van der Waals surface area contributed by atoms with Crippen molar-refractivity contribution in [2.24, 2.45) is 0 Å². The van der Waals surface area contributed by atoms with Crippen LogP contribution in [0, 0.1) is 0 Å². The Balaban J connectivity index is 2.58. The summed E-state index contributed by atoms with van der Waals surface area (Å²) in [5.74, 6) is 1.27. The minimum atomic E-state index is -0.0939. The van der Waals surface area contributed by atoms with Gasteiger partial charge in [0.15, 0.2) is 11.5 Å². The first kappa shape index (κ1) is 20.0. The van der Waals surface area contributed by atoms with Crippen LogP contribution in [-0.2, 0) is 4.79 Å². The fourth-order valence-corrected chi connectivity index (χ4v) is 2.25. The molecule has 0 saturated heterocycles. The maximum Gasteiger partial charge on any atom is 0.244 e. The Morgan fingerprint density at radius 1 is 1.25 bits per heavy atom. The molecule has 5 nitrogen and oxygen atoms in total. The third-order valence-corrected chi connectivity index (χ3v) is 3.60. The number of nitrogens with one attached hydrogen (secondary N) is 1. The number of methoxy groups -OCH3 is 1. The van der Waals surface area contributed by atoms with E-state index in [0.717, 1.165) is 25.2 Å². The SMILES string of the molecule is CCN(CC)CCNC(=O)/C=C\c1ccc(OC(C)C)c(OC)c1. The number of benzene rings is 1. The highest BCUT2D eigenvalue weighted by atomic mass is 16.5. The van der Waals surface area contributed by atoms with Gasteiger partial charge in [-0.3, -0.25) is 4.79 Å². The Morgan fingerprint density at radius 3 is 2.54 bits per heavy atom. The largest absolute Gasteiger partial charge is 0.493 e. The topological polar surface area (TPSA) is 50.8 Å². The Morgan fingerprint density at radius 2 is 1.96 bits per heavy atom. The number of hydrogen-bond acceptors (Lipinski definition) is 4. The van der Waals surface area contributed by atoms with Gasteiger partial charge in [0.05, 0.1) is 13.2 Å². The summed E-state index contributed by atoms with van der Waals surface area (Å²) in [5, 5.41) is 2.89. The zero-order valence-corrected chi connectivity index (χ0v) is 15.5. The molecular formula is C19H30N2O3. The molecule has 0 radical (unpaired) electrons. The minimum Gasteiger partial charge on any atom is -0.493 e. The molecule has 0 aliphatic carbocycles. The average molecular weight is 334 g/mol. The van der Waals surface area contributed by atoms with Crippen LogP contribution in [0.4, 0.5) is 0 Å². The molecule has 0 aliphatic rings. The van der Waals surface area contributed by atoms with Crippen LogP contribution >= 0.6 is 0 Å². The van der Waals surface area contributed by atoms with Crippen molar-refractivity contribution < 1.29 is 14.3 Å². The van der Waals surface area contributed by atoms with Crippen LogP contribution in [0.25, 0.3) is 6.08 Å². The first-order chi connectivity index (χ1) is 11.5. The monoisotopic (exact) mass is 334 g/mol. The van der Waals surface area contributed by atoms with Crippen molar-refractivity contribution in [1.29, 1.82) is 0 Å². The Kier molecular flexibility index (Phi) is 8.94. The molecule has 0 spiro atoms. The van der Waals surface area contributed by atoms with E-state index in [4.69, 9.17) is 9.47 Å². The van der Waals surface area contributed by atoms with Crippen molar-refractivity contribution in [2.45, 2.75) is 33.8 Å². The van der Waals surface area contributed by atoms with Gasteiger partial charge in [0.2, 0.25) is 5.91 Å². The number of rotatable bonds is 10. The second kappa shape index (κ2) is 10.7. The van der Waals surface area contributed by atoms with E-state index in [1.165, 1.54) is 0 Å². The molecule has 0 aromatic heterocycles. The van der Waals surface area contributed by atoms with E-state index in [2.05, 4.69) is 24.1 Å². The molecule has 1 amide bonds. The predicted molar refractivity (Wildman–Crippen MR) is 98.6 cm³/mol. The number of hydrogen-bond donors (Lipinski definition) is 1. The predicted octanol–water partition coefficient (Wildman–Crippen LogP) is 2.95. The maximum atomic E-state index is 11.9. The van der Waals surface area contributed by atoms with E-state index < -0.39 is 0 Å². The van der Waals surface area contributed by atoms with Gasteiger partial charge in [-0.25, -0.2) is 0 Å². The lowest BCUT2D eigenvalue weighted by atomic mass is 10.2. The Hall–Kier alpha value is -2.01. The smallest absolute Gasteiger partial charge is 0.244 e. The summed E-state index contributed by atoms with van der Waals surface area (Å²) < 4.78 is 11.0. The van der Waals surface area contributed by atoms with Gasteiger partial charge in [0.1, 0.15) is 0 Å². The number of carbonyl (C=O) groups excluding carboxylic acids is 1. The molecule has 0 heterocycles. The van der Waals surface area contributed by atoms with Gasteiger partial charge in [-0.1, -0.05) is 19.9 Å². The summed E-state index contributed by atoms with van der Waals surface area (Å²) in [6, 6.07) is 5.62. The van der Waals surface area contributed by atoms with E-state index >= 15 is 0 Å². The number of likely N-dealkylation sites (N-methyl/N-ethyl adjacent to an activating group) is 1. The van der Waals surface area contributed by atoms with Gasteiger partial charge in [-0.2, -0.15) is 0 Å². The molecular weight excluding hydrogens is 304 g/mol. The molecule has 1 aromatic rings. The lowest BCUT2D eigenvalue weighted by Crippen LogP contribution is -2.34. The average Bonchev–Trinajstić information content (AvgIpc) is 2.57. The third-order valence-electron chi connectivity index (χ3n) is 3.60. The zero-order valence-electron chi connectivity index (χ0n) is 15.5. The van der Waals surface area contributed by atoms with E-state index in [9.17, 15) is 4.79 Å². The molecule has 134 valence electrons. The molecule has 0 unspecified atom stereocenters. The third kappa shape index (κ3) is 7.04. The van der Waals surface area contributed by atoms with Crippen LogP contribution in [0.2, 0.25) is 0 Å². The summed E-state index contributed by atoms with van der Waals surface area (Å²) >= 11 is 0. The number of amides is 1. The van der Waals surface area contributed by atoms with Crippen molar-refractivity contribution >= 4 is 12.0 Å². The first-order valence-corrected chi connectivity index (χ1v) is 8.53. The highest BCUT2D eigenvalue weighted by Gasteiger charge is 2.06. The van der Waals surface area contributed by atoms with Gasteiger partial charge in [0, 0.05) is 19.2 Å². The molecule has 0 atom stereocenters. The maximum absolute atomic E-state index is 11.9. The van der Waals surface area contributed by atoms with E-state index in [-0.39, 0.29) is 12.0 Å². The van der Waals surface area contributed by atoms with Crippen molar-refractivity contribution in [2.75, 3.05) is 33.3 Å². The quantitative estimate of drug-likeness (QED) is 0.669. The summed E-state index contributed by atoms with van der Waals surface area (Å²) in [6.45, 7) is 11.7. The van der Waals surface area contributed by atoms with Crippen LogP contribution in [0.5, 0.6) is 11.5 Å². The number of ether oxygens (including phenoxy) is 2. The minimum absolute atomic E-state index is 0.0804. The highest BCUT2D eigenvalue weighted by Crippen LogP contribution is 2.29. The van der Waals surface area contributed by atoms with E-state index in [1.54, 1.807) is 19.3 Å². The van der Waals surface area contributed by atoms with Crippen molar-refractivity contribution in [1.82, 2.24) is 10.2 Å². The fourth-order valence-electron chi connectivity index (χ4n) is 2.25. The standard InChI is InChI=1S/C19H30N2O3/c1-6-21(7-2)13-12-20-19(22)11-9-16-8-10-17(24-15(3)4)18(14-16)23-5/h8-11,14-15H,6-7,12-13H2,1-5H3,(H,20,22)/b11-9-. The van der Waals surface area contributed by atoms with Crippen LogP contribution < -0.4 is 14.8 Å². The molecule has 24 heavy (non-hydrogen) atoms. The lowest BCUT2D eigenvalue weighted by molar-refractivity contribution is -0.116. The number of carbonyl (C=O) groups is 1. The van der Waals surface area contributed by atoms with Crippen molar-refractivity contribution in [3.05, 3.63) is 29.8 Å². The zero-order chi connectivity index (χ0) is 17.9.